The first-order valence-electron chi connectivity index (χ1n) is 13.1. The van der Waals surface area contributed by atoms with E-state index < -0.39 is 18.0 Å². The van der Waals surface area contributed by atoms with Crippen molar-refractivity contribution in [1.82, 2.24) is 4.57 Å². The molecule has 5 rings (SSSR count). The zero-order valence-corrected chi connectivity index (χ0v) is 24.3. The fourth-order valence-electron chi connectivity index (χ4n) is 4.80. The number of thiazole rings is 1. The average molecular weight is 591 g/mol. The van der Waals surface area contributed by atoms with Gasteiger partial charge in [0.05, 0.1) is 29.0 Å². The van der Waals surface area contributed by atoms with Crippen molar-refractivity contribution in [1.29, 1.82) is 0 Å². The summed E-state index contributed by atoms with van der Waals surface area (Å²) in [5, 5.41) is 2.18. The van der Waals surface area contributed by atoms with Crippen LogP contribution in [-0.4, -0.2) is 36.3 Å². The van der Waals surface area contributed by atoms with Crippen LogP contribution in [0.1, 0.15) is 37.9 Å². The number of rotatable bonds is 8. The van der Waals surface area contributed by atoms with Crippen LogP contribution in [0, 0.1) is 0 Å². The van der Waals surface area contributed by atoms with Crippen LogP contribution < -0.4 is 19.6 Å². The third kappa shape index (κ3) is 5.55. The van der Waals surface area contributed by atoms with Crippen LogP contribution in [0.2, 0.25) is 5.02 Å². The Morgan fingerprint density at radius 2 is 1.76 bits per heavy atom. The Balaban J connectivity index is 1.73. The lowest BCUT2D eigenvalue weighted by Gasteiger charge is -2.25. The van der Waals surface area contributed by atoms with Crippen LogP contribution in [0.15, 0.2) is 81.7 Å². The molecule has 4 aromatic rings. The van der Waals surface area contributed by atoms with Crippen molar-refractivity contribution in [2.75, 3.05) is 19.8 Å². The van der Waals surface area contributed by atoms with Gasteiger partial charge in [-0.3, -0.25) is 9.36 Å². The van der Waals surface area contributed by atoms with Gasteiger partial charge in [0.2, 0.25) is 0 Å². The van der Waals surface area contributed by atoms with E-state index >= 15 is 0 Å². The largest absolute Gasteiger partial charge is 0.481 e. The molecule has 8 nitrogen and oxygen atoms in total. The van der Waals surface area contributed by atoms with Crippen LogP contribution in [0.4, 0.5) is 0 Å². The topological polar surface area (TPSA) is 96.2 Å². The minimum Gasteiger partial charge on any atom is -0.481 e. The molecule has 1 aromatic heterocycles. The highest BCUT2D eigenvalue weighted by atomic mass is 35.5. The van der Waals surface area contributed by atoms with Crippen molar-refractivity contribution in [2.45, 2.75) is 26.8 Å². The molecule has 0 fully saturated rings. The Morgan fingerprint density at radius 3 is 2.51 bits per heavy atom. The van der Waals surface area contributed by atoms with Crippen LogP contribution in [0.3, 0.4) is 0 Å². The lowest BCUT2D eigenvalue weighted by atomic mass is 9.96. The Hall–Kier alpha value is -4.21. The maximum Gasteiger partial charge on any atom is 0.344 e. The maximum atomic E-state index is 14.1. The minimum absolute atomic E-state index is 0.172. The molecule has 41 heavy (non-hydrogen) atoms. The van der Waals surface area contributed by atoms with Gasteiger partial charge in [-0.2, -0.15) is 0 Å². The number of halogens is 1. The monoisotopic (exact) mass is 590 g/mol. The lowest BCUT2D eigenvalue weighted by Crippen LogP contribution is -2.40. The van der Waals surface area contributed by atoms with E-state index in [-0.39, 0.29) is 31.0 Å². The Labute approximate surface area is 244 Å². The zero-order chi connectivity index (χ0) is 29.1. The number of benzene rings is 3. The Bertz CT molecular complexity index is 1870. The summed E-state index contributed by atoms with van der Waals surface area (Å²) in [5.41, 5.74) is 1.57. The molecule has 3 aromatic carbocycles. The van der Waals surface area contributed by atoms with Crippen LogP contribution in [0.25, 0.3) is 16.8 Å². The van der Waals surface area contributed by atoms with Gasteiger partial charge in [0.25, 0.3) is 5.56 Å². The molecule has 0 saturated carbocycles. The van der Waals surface area contributed by atoms with Crippen molar-refractivity contribution in [3.05, 3.63) is 108 Å². The predicted octanol–water partition coefficient (Wildman–Crippen LogP) is 4.55. The van der Waals surface area contributed by atoms with Gasteiger partial charge >= 0.3 is 11.9 Å². The third-order valence-electron chi connectivity index (χ3n) is 6.57. The molecule has 1 aliphatic rings. The second-order valence-electron chi connectivity index (χ2n) is 9.12. The number of ether oxygens (including phenoxy) is 3. The van der Waals surface area contributed by atoms with Crippen molar-refractivity contribution >= 4 is 51.7 Å². The standard InChI is InChI=1S/C31H27ClN2O6S/c1-4-38-26(35)17-40-24-15-14-19-10-6-7-11-20(19)22(24)16-25-29(36)34-28(21-12-8-9-13-23(21)32)27(30(37)39-5-2)18(3)33-31(34)41-25/h6-16,28H,4-5,17H2,1-3H3. The normalized spacial score (nSPS) is 14.9. The minimum atomic E-state index is -0.826. The molecule has 1 unspecified atom stereocenters. The van der Waals surface area contributed by atoms with Gasteiger partial charge in [-0.1, -0.05) is 71.5 Å². The van der Waals surface area contributed by atoms with E-state index in [4.69, 9.17) is 25.8 Å². The second-order valence-corrected chi connectivity index (χ2v) is 10.5. The highest BCUT2D eigenvalue weighted by molar-refractivity contribution is 7.07. The molecule has 0 spiro atoms. The highest BCUT2D eigenvalue weighted by Gasteiger charge is 2.34. The fourth-order valence-corrected chi connectivity index (χ4v) is 6.07. The molecule has 1 atom stereocenters. The molecule has 0 aliphatic carbocycles. The molecular formula is C31H27ClN2O6S. The molecule has 2 heterocycles. The SMILES string of the molecule is CCOC(=O)COc1ccc2ccccc2c1C=c1sc2n(c1=O)C(c1ccccc1Cl)C(C(=O)OCC)=C(C)N=2. The number of allylic oxidation sites excluding steroid dienone is 1. The van der Waals surface area contributed by atoms with Crippen LogP contribution >= 0.6 is 22.9 Å². The number of fused-ring (bicyclic) bond motifs is 2. The molecule has 0 bridgehead atoms. The van der Waals surface area contributed by atoms with Crippen molar-refractivity contribution < 1.29 is 23.8 Å². The molecule has 0 N–H and O–H groups in total. The van der Waals surface area contributed by atoms with Gasteiger partial charge in [0.1, 0.15) is 11.8 Å². The molecule has 210 valence electrons. The van der Waals surface area contributed by atoms with E-state index in [1.165, 1.54) is 15.9 Å². The number of esters is 2. The smallest absolute Gasteiger partial charge is 0.344 e. The average Bonchev–Trinajstić information content (AvgIpc) is 3.26. The molecule has 0 radical (unpaired) electrons. The first-order valence-corrected chi connectivity index (χ1v) is 14.3. The fraction of sp³-hybridized carbons (Fsp3) is 0.226. The number of carbonyl (C=O) groups is 2. The summed E-state index contributed by atoms with van der Waals surface area (Å²) in [6, 6.07) is 17.6. The van der Waals surface area contributed by atoms with E-state index in [2.05, 4.69) is 4.99 Å². The third-order valence-corrected chi connectivity index (χ3v) is 7.90. The first-order chi connectivity index (χ1) is 19.8. The summed E-state index contributed by atoms with van der Waals surface area (Å²) < 4.78 is 18.1. The van der Waals surface area contributed by atoms with Crippen LogP contribution in [0.5, 0.6) is 5.75 Å². The van der Waals surface area contributed by atoms with Crippen LogP contribution in [-0.2, 0) is 19.1 Å². The predicted molar refractivity (Wildman–Crippen MR) is 158 cm³/mol. The summed E-state index contributed by atoms with van der Waals surface area (Å²) in [5.74, 6) is -0.627. The lowest BCUT2D eigenvalue weighted by molar-refractivity contribution is -0.145. The van der Waals surface area contributed by atoms with Gasteiger partial charge in [-0.25, -0.2) is 14.6 Å². The zero-order valence-electron chi connectivity index (χ0n) is 22.7. The van der Waals surface area contributed by atoms with Gasteiger partial charge in [0.15, 0.2) is 11.4 Å². The molecule has 0 saturated heterocycles. The number of hydrogen-bond acceptors (Lipinski definition) is 8. The Morgan fingerprint density at radius 1 is 1.02 bits per heavy atom. The van der Waals surface area contributed by atoms with Gasteiger partial charge in [-0.05, 0) is 55.3 Å². The van der Waals surface area contributed by atoms with Crippen molar-refractivity contribution in [2.24, 2.45) is 4.99 Å². The molecule has 10 heteroatoms. The molecule has 0 amide bonds. The highest BCUT2D eigenvalue weighted by Crippen LogP contribution is 2.34. The summed E-state index contributed by atoms with van der Waals surface area (Å²) >= 11 is 7.79. The van der Waals surface area contributed by atoms with E-state index in [1.54, 1.807) is 57.2 Å². The van der Waals surface area contributed by atoms with Gasteiger partial charge in [-0.15, -0.1) is 0 Å². The van der Waals surface area contributed by atoms with Gasteiger partial charge in [0, 0.05) is 10.6 Å². The van der Waals surface area contributed by atoms with Crippen molar-refractivity contribution in [3.63, 3.8) is 0 Å². The summed E-state index contributed by atoms with van der Waals surface area (Å²) in [6.07, 6.45) is 1.74. The van der Waals surface area contributed by atoms with E-state index in [0.29, 0.717) is 36.9 Å². The van der Waals surface area contributed by atoms with Crippen molar-refractivity contribution in [3.8, 4) is 5.75 Å². The summed E-state index contributed by atoms with van der Waals surface area (Å²) in [6.45, 7) is 5.31. The number of aromatic nitrogens is 1. The summed E-state index contributed by atoms with van der Waals surface area (Å²) in [4.78, 5) is 44.3. The maximum absolute atomic E-state index is 14.1. The first kappa shape index (κ1) is 28.3. The number of carbonyl (C=O) groups excluding carboxylic acids is 2. The second kappa shape index (κ2) is 12.1. The molecule has 1 aliphatic heterocycles. The van der Waals surface area contributed by atoms with E-state index in [9.17, 15) is 14.4 Å². The summed E-state index contributed by atoms with van der Waals surface area (Å²) in [7, 11) is 0. The van der Waals surface area contributed by atoms with E-state index in [0.717, 1.165) is 10.8 Å². The number of hydrogen-bond donors (Lipinski definition) is 0. The Kier molecular flexibility index (Phi) is 8.37. The van der Waals surface area contributed by atoms with Gasteiger partial charge < -0.3 is 14.2 Å². The van der Waals surface area contributed by atoms with E-state index in [1.807, 2.05) is 30.3 Å². The quantitative estimate of drug-likeness (QED) is 0.280. The molecular weight excluding hydrogens is 564 g/mol. The number of nitrogens with zero attached hydrogens (tertiary/aromatic N) is 2.